The molecule has 2 fully saturated rings. The van der Waals surface area contributed by atoms with Crippen molar-refractivity contribution >= 4 is 17.1 Å². The van der Waals surface area contributed by atoms with Crippen molar-refractivity contribution in [2.45, 2.75) is 51.1 Å². The van der Waals surface area contributed by atoms with E-state index in [9.17, 15) is 9.59 Å². The first-order chi connectivity index (χ1) is 14.2. The number of fused-ring (bicyclic) bond motifs is 1. The normalized spacial score (nSPS) is 20.6. The predicted molar refractivity (Wildman–Crippen MR) is 109 cm³/mol. The van der Waals surface area contributed by atoms with Crippen molar-refractivity contribution in [2.75, 3.05) is 13.1 Å². The van der Waals surface area contributed by atoms with Crippen molar-refractivity contribution in [3.05, 3.63) is 46.8 Å². The molecule has 1 saturated heterocycles. The van der Waals surface area contributed by atoms with E-state index in [4.69, 9.17) is 0 Å². The molecule has 8 nitrogen and oxygen atoms in total. The fourth-order valence-electron chi connectivity index (χ4n) is 4.93. The summed E-state index contributed by atoms with van der Waals surface area (Å²) in [6.07, 6.45) is 11.8. The number of imidazole rings is 1. The van der Waals surface area contributed by atoms with Crippen LogP contribution in [-0.2, 0) is 6.54 Å². The van der Waals surface area contributed by atoms with Gasteiger partial charge in [-0.25, -0.2) is 9.78 Å². The van der Waals surface area contributed by atoms with Crippen LogP contribution in [0.5, 0.6) is 0 Å². The Morgan fingerprint density at radius 3 is 2.86 bits per heavy atom. The Balaban J connectivity index is 1.45. The fraction of sp³-hybridized carbons (Fsp3) is 0.524. The van der Waals surface area contributed by atoms with E-state index in [-0.39, 0.29) is 17.6 Å². The summed E-state index contributed by atoms with van der Waals surface area (Å²) in [7, 11) is 0. The van der Waals surface area contributed by atoms with Gasteiger partial charge in [0.25, 0.3) is 5.91 Å². The number of nitrogens with zero attached hydrogens (tertiary/aromatic N) is 5. The van der Waals surface area contributed by atoms with E-state index in [2.05, 4.69) is 15.2 Å². The monoisotopic (exact) mass is 394 g/mol. The van der Waals surface area contributed by atoms with Crippen LogP contribution in [0.4, 0.5) is 0 Å². The van der Waals surface area contributed by atoms with Gasteiger partial charge in [0.05, 0.1) is 23.3 Å². The third-order valence-electron chi connectivity index (χ3n) is 6.45. The molecule has 0 aromatic carbocycles. The summed E-state index contributed by atoms with van der Waals surface area (Å²) in [5.41, 5.74) is 2.20. The Labute approximate surface area is 168 Å². The highest BCUT2D eigenvalue weighted by atomic mass is 16.2. The van der Waals surface area contributed by atoms with Crippen LogP contribution in [0.25, 0.3) is 11.2 Å². The van der Waals surface area contributed by atoms with Crippen LogP contribution in [0.1, 0.15) is 54.9 Å². The number of aromatic nitrogens is 5. The van der Waals surface area contributed by atoms with Gasteiger partial charge in [0.2, 0.25) is 0 Å². The number of rotatable bonds is 4. The van der Waals surface area contributed by atoms with Gasteiger partial charge in [-0.3, -0.25) is 19.0 Å². The van der Waals surface area contributed by atoms with Crippen molar-refractivity contribution in [2.24, 2.45) is 5.92 Å². The first-order valence-corrected chi connectivity index (χ1v) is 10.6. The van der Waals surface area contributed by atoms with Crippen LogP contribution in [-0.4, -0.2) is 48.2 Å². The summed E-state index contributed by atoms with van der Waals surface area (Å²) in [4.78, 5) is 32.4. The summed E-state index contributed by atoms with van der Waals surface area (Å²) >= 11 is 0. The van der Waals surface area contributed by atoms with Crippen LogP contribution in [0.15, 0.2) is 35.5 Å². The number of H-pyrrole nitrogens is 1. The third-order valence-corrected chi connectivity index (χ3v) is 6.45. The number of pyridine rings is 1. The summed E-state index contributed by atoms with van der Waals surface area (Å²) in [6.45, 7) is 1.91. The first-order valence-electron chi connectivity index (χ1n) is 10.6. The summed E-state index contributed by atoms with van der Waals surface area (Å²) in [5.74, 6) is 0.511. The van der Waals surface area contributed by atoms with E-state index in [1.807, 2.05) is 21.3 Å². The van der Waals surface area contributed by atoms with E-state index in [1.165, 1.54) is 32.1 Å². The number of hydrogen-bond donors (Lipinski definition) is 1. The standard InChI is InChI=1S/C21H26N6O2/c28-20(16-11-23-24-12-16)25-10-8-17(14-25)27-19-18(7-4-9-22-19)26(21(27)29)13-15-5-2-1-3-6-15/h4,7,9,11-12,15,17H,1-3,5-6,8,10,13-14H2,(H,23,24)/t17-/m1/s1. The highest BCUT2D eigenvalue weighted by Gasteiger charge is 2.32. The van der Waals surface area contributed by atoms with Gasteiger partial charge in [-0.1, -0.05) is 19.3 Å². The van der Waals surface area contributed by atoms with E-state index in [0.29, 0.717) is 24.6 Å². The Morgan fingerprint density at radius 1 is 1.21 bits per heavy atom. The summed E-state index contributed by atoms with van der Waals surface area (Å²) < 4.78 is 3.74. The molecule has 0 unspecified atom stereocenters. The molecule has 1 saturated carbocycles. The molecule has 152 valence electrons. The van der Waals surface area contributed by atoms with E-state index in [0.717, 1.165) is 24.1 Å². The molecular weight excluding hydrogens is 368 g/mol. The predicted octanol–water partition coefficient (Wildman–Crippen LogP) is 2.59. The number of carbonyl (C=O) groups excluding carboxylic acids is 1. The molecule has 1 N–H and O–H groups in total. The Bertz CT molecular complexity index is 1060. The molecule has 3 aromatic heterocycles. The number of amides is 1. The van der Waals surface area contributed by atoms with Gasteiger partial charge < -0.3 is 4.90 Å². The lowest BCUT2D eigenvalue weighted by Gasteiger charge is -2.21. The average Bonchev–Trinajstić information content (AvgIpc) is 3.49. The average molecular weight is 394 g/mol. The van der Waals surface area contributed by atoms with Crippen molar-refractivity contribution in [1.29, 1.82) is 0 Å². The van der Waals surface area contributed by atoms with Crippen LogP contribution < -0.4 is 5.69 Å². The molecule has 5 rings (SSSR count). The Kier molecular flexibility index (Phi) is 4.69. The van der Waals surface area contributed by atoms with Gasteiger partial charge in [-0.15, -0.1) is 0 Å². The van der Waals surface area contributed by atoms with E-state index >= 15 is 0 Å². The minimum Gasteiger partial charge on any atom is -0.336 e. The van der Waals surface area contributed by atoms with E-state index in [1.54, 1.807) is 23.5 Å². The van der Waals surface area contributed by atoms with Crippen LogP contribution in [0, 0.1) is 5.92 Å². The molecular formula is C21H26N6O2. The zero-order chi connectivity index (χ0) is 19.8. The van der Waals surface area contributed by atoms with Crippen LogP contribution in [0.2, 0.25) is 0 Å². The van der Waals surface area contributed by atoms with Crippen molar-refractivity contribution < 1.29 is 4.79 Å². The topological polar surface area (TPSA) is 88.8 Å². The zero-order valence-corrected chi connectivity index (χ0v) is 16.5. The maximum atomic E-state index is 13.4. The second kappa shape index (κ2) is 7.50. The van der Waals surface area contributed by atoms with Gasteiger partial charge in [0.15, 0.2) is 5.65 Å². The van der Waals surface area contributed by atoms with Crippen molar-refractivity contribution in [1.82, 2.24) is 29.2 Å². The molecule has 2 aliphatic rings. The minimum atomic E-state index is -0.0524. The quantitative estimate of drug-likeness (QED) is 0.737. The number of nitrogens with one attached hydrogen (secondary N) is 1. The Morgan fingerprint density at radius 2 is 2.07 bits per heavy atom. The molecule has 29 heavy (non-hydrogen) atoms. The maximum Gasteiger partial charge on any atom is 0.330 e. The second-order valence-electron chi connectivity index (χ2n) is 8.29. The summed E-state index contributed by atoms with van der Waals surface area (Å²) in [5, 5.41) is 6.55. The van der Waals surface area contributed by atoms with Crippen molar-refractivity contribution in [3.8, 4) is 0 Å². The second-order valence-corrected chi connectivity index (χ2v) is 8.29. The SMILES string of the molecule is O=C(c1cn[nH]c1)N1CC[C@@H](n2c(=O)n(CC3CCCCC3)c3cccnc32)C1. The molecule has 0 spiro atoms. The molecule has 4 heterocycles. The van der Waals surface area contributed by atoms with Crippen LogP contribution in [0.3, 0.4) is 0 Å². The lowest BCUT2D eigenvalue weighted by atomic mass is 9.89. The number of hydrogen-bond acceptors (Lipinski definition) is 4. The molecule has 1 amide bonds. The minimum absolute atomic E-state index is 0.00637. The van der Waals surface area contributed by atoms with Crippen LogP contribution >= 0.6 is 0 Å². The molecule has 1 atom stereocenters. The van der Waals surface area contributed by atoms with E-state index < -0.39 is 0 Å². The summed E-state index contributed by atoms with van der Waals surface area (Å²) in [6, 6.07) is 3.84. The zero-order valence-electron chi connectivity index (χ0n) is 16.5. The first kappa shape index (κ1) is 18.1. The molecule has 1 aliphatic heterocycles. The number of likely N-dealkylation sites (tertiary alicyclic amines) is 1. The van der Waals surface area contributed by atoms with Gasteiger partial charge in [-0.05, 0) is 37.3 Å². The van der Waals surface area contributed by atoms with Gasteiger partial charge >= 0.3 is 5.69 Å². The largest absolute Gasteiger partial charge is 0.336 e. The fourth-order valence-corrected chi connectivity index (χ4v) is 4.93. The Hall–Kier alpha value is -2.90. The van der Waals surface area contributed by atoms with Gasteiger partial charge in [-0.2, -0.15) is 5.10 Å². The lowest BCUT2D eigenvalue weighted by molar-refractivity contribution is 0.0787. The molecule has 0 bridgehead atoms. The number of carbonyl (C=O) groups is 1. The highest BCUT2D eigenvalue weighted by molar-refractivity contribution is 5.93. The third kappa shape index (κ3) is 3.26. The maximum absolute atomic E-state index is 13.4. The lowest BCUT2D eigenvalue weighted by Crippen LogP contribution is -2.33. The molecule has 3 aromatic rings. The molecule has 1 aliphatic carbocycles. The van der Waals surface area contributed by atoms with Gasteiger partial charge in [0.1, 0.15) is 0 Å². The van der Waals surface area contributed by atoms with Gasteiger partial charge in [0, 0.05) is 32.0 Å². The molecule has 8 heteroatoms. The van der Waals surface area contributed by atoms with Crippen molar-refractivity contribution in [3.63, 3.8) is 0 Å². The highest BCUT2D eigenvalue weighted by Crippen LogP contribution is 2.28. The number of aromatic amines is 1. The molecule has 0 radical (unpaired) electrons. The smallest absolute Gasteiger partial charge is 0.330 e.